The lowest BCUT2D eigenvalue weighted by atomic mass is 10.1. The van der Waals surface area contributed by atoms with Crippen LogP contribution in [0.1, 0.15) is 26.3 Å². The molecule has 0 spiro atoms. The van der Waals surface area contributed by atoms with Gasteiger partial charge in [-0.05, 0) is 17.5 Å². The Morgan fingerprint density at radius 2 is 1.67 bits per heavy atom. The maximum atomic E-state index is 10.8. The van der Waals surface area contributed by atoms with Gasteiger partial charge < -0.3 is 5.11 Å². The number of hydrogen-bond donors (Lipinski definition) is 2. The summed E-state index contributed by atoms with van der Waals surface area (Å²) < 4.78 is 30.4. The smallest absolute Gasteiger partial charge is 0.307 e. The summed E-state index contributed by atoms with van der Waals surface area (Å²) in [6.07, 6.45) is -0.435. The lowest BCUT2D eigenvalue weighted by Gasteiger charge is -2.03. The van der Waals surface area contributed by atoms with E-state index in [0.29, 0.717) is 0 Å². The predicted octanol–water partition coefficient (Wildman–Crippen LogP) is 2.22. The average molecular weight is 274 g/mol. The van der Waals surface area contributed by atoms with Crippen LogP contribution in [0.4, 0.5) is 0 Å². The highest BCUT2D eigenvalue weighted by molar-refractivity contribution is 7.85. The van der Waals surface area contributed by atoms with Crippen LogP contribution in [0.2, 0.25) is 0 Å². The van der Waals surface area contributed by atoms with Gasteiger partial charge in [-0.25, -0.2) is 0 Å². The summed E-state index contributed by atoms with van der Waals surface area (Å²) in [6, 6.07) is 5.42. The molecular formula is C12H18O5S. The van der Waals surface area contributed by atoms with Gasteiger partial charge in [-0.2, -0.15) is 8.42 Å². The van der Waals surface area contributed by atoms with Crippen molar-refractivity contribution in [3.63, 3.8) is 0 Å². The molecule has 0 aromatic heterocycles. The third-order valence-electron chi connectivity index (χ3n) is 1.59. The number of aliphatic carboxylic acids is 1. The first kappa shape index (κ1) is 16.6. The molecule has 0 radical (unpaired) electrons. The first-order valence-electron chi connectivity index (χ1n) is 5.41. The van der Waals surface area contributed by atoms with Gasteiger partial charge in [0.2, 0.25) is 0 Å². The standard InChI is InChI=1S/C8H8O5S.C4H10/c9-8(10)5-6-3-1-2-4-7(6)14(11,12)13;1-4(2)3/h1-4H,5H2,(H,9,10)(H,11,12,13);4H,1-3H3. The molecule has 0 amide bonds. The first-order chi connectivity index (χ1) is 8.14. The minimum atomic E-state index is -4.34. The van der Waals surface area contributed by atoms with Crippen molar-refractivity contribution in [3.05, 3.63) is 29.8 Å². The minimum Gasteiger partial charge on any atom is -0.481 e. The zero-order valence-electron chi connectivity index (χ0n) is 10.6. The topological polar surface area (TPSA) is 91.7 Å². The van der Waals surface area contributed by atoms with Gasteiger partial charge >= 0.3 is 5.97 Å². The Bertz CT molecular complexity index is 488. The second kappa shape index (κ2) is 7.13. The van der Waals surface area contributed by atoms with Gasteiger partial charge in [-0.3, -0.25) is 9.35 Å². The Morgan fingerprint density at radius 1 is 1.22 bits per heavy atom. The molecule has 0 aliphatic heterocycles. The number of carboxylic acids is 1. The summed E-state index contributed by atoms with van der Waals surface area (Å²) in [5.74, 6) is -0.318. The number of hydrogen-bond acceptors (Lipinski definition) is 3. The Kier molecular flexibility index (Phi) is 6.57. The third kappa shape index (κ3) is 7.03. The van der Waals surface area contributed by atoms with Crippen LogP contribution >= 0.6 is 0 Å². The Balaban J connectivity index is 0.000000631. The van der Waals surface area contributed by atoms with Gasteiger partial charge in [-0.1, -0.05) is 39.0 Å². The van der Waals surface area contributed by atoms with Crippen LogP contribution < -0.4 is 0 Å². The van der Waals surface area contributed by atoms with Gasteiger partial charge in [-0.15, -0.1) is 0 Å². The molecule has 0 saturated heterocycles. The van der Waals surface area contributed by atoms with Crippen molar-refractivity contribution in [2.45, 2.75) is 32.1 Å². The van der Waals surface area contributed by atoms with E-state index in [0.717, 1.165) is 12.0 Å². The van der Waals surface area contributed by atoms with E-state index in [-0.39, 0.29) is 10.5 Å². The molecule has 0 aliphatic carbocycles. The molecule has 1 aromatic rings. The van der Waals surface area contributed by atoms with Gasteiger partial charge in [0.25, 0.3) is 10.1 Å². The van der Waals surface area contributed by atoms with Crippen LogP contribution in [-0.2, 0) is 21.3 Å². The van der Waals surface area contributed by atoms with Crippen molar-refractivity contribution in [1.82, 2.24) is 0 Å². The van der Waals surface area contributed by atoms with E-state index >= 15 is 0 Å². The Morgan fingerprint density at radius 3 is 2.06 bits per heavy atom. The van der Waals surface area contributed by atoms with Gasteiger partial charge in [0, 0.05) is 0 Å². The molecule has 0 unspecified atom stereocenters. The monoisotopic (exact) mass is 274 g/mol. The molecule has 0 atom stereocenters. The van der Waals surface area contributed by atoms with Crippen LogP contribution in [0.3, 0.4) is 0 Å². The molecule has 0 saturated carbocycles. The summed E-state index contributed by atoms with van der Waals surface area (Å²) in [5, 5.41) is 8.48. The molecular weight excluding hydrogens is 256 g/mol. The van der Waals surface area contributed by atoms with Crippen molar-refractivity contribution in [1.29, 1.82) is 0 Å². The summed E-state index contributed by atoms with van der Waals surface area (Å²) in [5.41, 5.74) is 0.0718. The van der Waals surface area contributed by atoms with Crippen molar-refractivity contribution in [3.8, 4) is 0 Å². The van der Waals surface area contributed by atoms with Gasteiger partial charge in [0.1, 0.15) is 0 Å². The Hall–Kier alpha value is -1.40. The SMILES string of the molecule is CC(C)C.O=C(O)Cc1ccccc1S(=O)(=O)O. The van der Waals surface area contributed by atoms with Gasteiger partial charge in [0.15, 0.2) is 0 Å². The van der Waals surface area contributed by atoms with Crippen molar-refractivity contribution in [2.75, 3.05) is 0 Å². The lowest BCUT2D eigenvalue weighted by molar-refractivity contribution is -0.136. The van der Waals surface area contributed by atoms with Crippen LogP contribution in [-0.4, -0.2) is 24.0 Å². The highest BCUT2D eigenvalue weighted by Gasteiger charge is 2.15. The number of benzene rings is 1. The van der Waals surface area contributed by atoms with Crippen molar-refractivity contribution in [2.24, 2.45) is 5.92 Å². The zero-order valence-corrected chi connectivity index (χ0v) is 11.4. The van der Waals surface area contributed by atoms with Crippen molar-refractivity contribution >= 4 is 16.1 Å². The van der Waals surface area contributed by atoms with Crippen molar-refractivity contribution < 1.29 is 22.9 Å². The second-order valence-corrected chi connectivity index (χ2v) is 5.78. The van der Waals surface area contributed by atoms with E-state index in [9.17, 15) is 13.2 Å². The number of carbonyl (C=O) groups is 1. The van der Waals surface area contributed by atoms with Crippen LogP contribution in [0.15, 0.2) is 29.2 Å². The fraction of sp³-hybridized carbons (Fsp3) is 0.417. The molecule has 5 nitrogen and oxygen atoms in total. The lowest BCUT2D eigenvalue weighted by Crippen LogP contribution is -2.07. The number of carboxylic acid groups (broad SMARTS) is 1. The van der Waals surface area contributed by atoms with Crippen LogP contribution in [0.5, 0.6) is 0 Å². The zero-order chi connectivity index (χ0) is 14.3. The molecule has 0 bridgehead atoms. The summed E-state index contributed by atoms with van der Waals surface area (Å²) in [4.78, 5) is 10.0. The van der Waals surface area contributed by atoms with Crippen LogP contribution in [0.25, 0.3) is 0 Å². The maximum absolute atomic E-state index is 10.8. The predicted molar refractivity (Wildman–Crippen MR) is 68.1 cm³/mol. The van der Waals surface area contributed by atoms with E-state index < -0.39 is 22.5 Å². The average Bonchev–Trinajstić information content (AvgIpc) is 2.14. The summed E-state index contributed by atoms with van der Waals surface area (Å²) in [7, 11) is -4.34. The van der Waals surface area contributed by atoms with E-state index in [1.807, 2.05) is 0 Å². The highest BCUT2D eigenvalue weighted by atomic mass is 32.2. The summed E-state index contributed by atoms with van der Waals surface area (Å²) >= 11 is 0. The fourth-order valence-electron chi connectivity index (χ4n) is 1.06. The molecule has 18 heavy (non-hydrogen) atoms. The molecule has 102 valence electrons. The molecule has 1 aromatic carbocycles. The first-order valence-corrected chi connectivity index (χ1v) is 6.85. The van der Waals surface area contributed by atoms with Crippen LogP contribution in [0, 0.1) is 5.92 Å². The molecule has 1 rings (SSSR count). The molecule has 0 fully saturated rings. The molecule has 2 N–H and O–H groups in total. The largest absolute Gasteiger partial charge is 0.481 e. The number of rotatable bonds is 3. The van der Waals surface area contributed by atoms with E-state index in [2.05, 4.69) is 20.8 Å². The second-order valence-electron chi connectivity index (χ2n) is 4.39. The fourth-order valence-corrected chi connectivity index (χ4v) is 1.79. The quantitative estimate of drug-likeness (QED) is 0.824. The van der Waals surface area contributed by atoms with E-state index in [1.54, 1.807) is 0 Å². The highest BCUT2D eigenvalue weighted by Crippen LogP contribution is 2.15. The third-order valence-corrected chi connectivity index (χ3v) is 2.55. The normalized spacial score (nSPS) is 10.7. The maximum Gasteiger partial charge on any atom is 0.307 e. The minimum absolute atomic E-state index is 0.0718. The molecule has 6 heteroatoms. The van der Waals surface area contributed by atoms with E-state index in [4.69, 9.17) is 9.66 Å². The molecule has 0 aliphatic rings. The molecule has 0 heterocycles. The summed E-state index contributed by atoms with van der Waals surface area (Å²) in [6.45, 7) is 6.50. The Labute approximate surface area is 107 Å². The van der Waals surface area contributed by atoms with Gasteiger partial charge in [0.05, 0.1) is 11.3 Å². The van der Waals surface area contributed by atoms with E-state index in [1.165, 1.54) is 18.2 Å².